The lowest BCUT2D eigenvalue weighted by molar-refractivity contribution is 0.318. The minimum absolute atomic E-state index is 0.135. The van der Waals surface area contributed by atoms with E-state index >= 15 is 0 Å². The van der Waals surface area contributed by atoms with Crippen molar-refractivity contribution >= 4 is 23.3 Å². The first kappa shape index (κ1) is 13.2. The highest BCUT2D eigenvalue weighted by Crippen LogP contribution is 2.27. The summed E-state index contributed by atoms with van der Waals surface area (Å²) < 4.78 is 11.0. The second-order valence-electron chi connectivity index (χ2n) is 4.51. The topological polar surface area (TPSA) is 55.5 Å². The number of hydrogen-bond donors (Lipinski definition) is 1. The van der Waals surface area contributed by atoms with E-state index in [1.54, 1.807) is 24.3 Å². The van der Waals surface area contributed by atoms with E-state index in [-0.39, 0.29) is 5.75 Å². The summed E-state index contributed by atoms with van der Waals surface area (Å²) in [7, 11) is 0. The first-order valence-corrected chi connectivity index (χ1v) is 6.76. The van der Waals surface area contributed by atoms with E-state index in [4.69, 9.17) is 9.15 Å². The van der Waals surface area contributed by atoms with E-state index in [1.165, 1.54) is 0 Å². The monoisotopic (exact) mass is 281 g/mol. The molecule has 3 aromatic rings. The number of phenolic OH excluding ortho intramolecular Hbond substituents is 1. The highest BCUT2D eigenvalue weighted by molar-refractivity contribution is 5.76. The normalized spacial score (nSPS) is 11.3. The molecule has 0 unspecified atom stereocenters. The molecule has 0 aliphatic carbocycles. The molecule has 0 radical (unpaired) electrons. The van der Waals surface area contributed by atoms with Gasteiger partial charge in [0.2, 0.25) is 5.89 Å². The third-order valence-corrected chi connectivity index (χ3v) is 3.01. The standard InChI is InChI=1S/C17H15NO3/c1-2-20-16-11-12(7-9-14(16)19)8-10-17-18-13-5-3-4-6-15(13)21-17/h3-11,19H,2H2,1H3. The molecular formula is C17H15NO3. The summed E-state index contributed by atoms with van der Waals surface area (Å²) in [5, 5.41) is 9.67. The van der Waals surface area contributed by atoms with Gasteiger partial charge in [-0.1, -0.05) is 18.2 Å². The number of hydrogen-bond acceptors (Lipinski definition) is 4. The molecular weight excluding hydrogens is 266 g/mol. The predicted octanol–water partition coefficient (Wildman–Crippen LogP) is 4.10. The fraction of sp³-hybridized carbons (Fsp3) is 0.118. The largest absolute Gasteiger partial charge is 0.504 e. The molecule has 0 saturated heterocycles. The van der Waals surface area contributed by atoms with Gasteiger partial charge in [0.15, 0.2) is 17.1 Å². The fourth-order valence-corrected chi connectivity index (χ4v) is 2.03. The van der Waals surface area contributed by atoms with Gasteiger partial charge in [0.1, 0.15) is 5.52 Å². The first-order valence-electron chi connectivity index (χ1n) is 6.76. The third kappa shape index (κ3) is 2.89. The maximum atomic E-state index is 9.67. The number of para-hydroxylation sites is 2. The van der Waals surface area contributed by atoms with Crippen molar-refractivity contribution in [3.05, 3.63) is 53.9 Å². The van der Waals surface area contributed by atoms with Crippen molar-refractivity contribution < 1.29 is 14.3 Å². The van der Waals surface area contributed by atoms with Gasteiger partial charge in [-0.15, -0.1) is 0 Å². The Morgan fingerprint density at radius 1 is 1.19 bits per heavy atom. The number of benzene rings is 2. The molecule has 1 heterocycles. The molecule has 2 aromatic carbocycles. The third-order valence-electron chi connectivity index (χ3n) is 3.01. The summed E-state index contributed by atoms with van der Waals surface area (Å²) in [6.45, 7) is 2.38. The van der Waals surface area contributed by atoms with E-state index < -0.39 is 0 Å². The summed E-state index contributed by atoms with van der Waals surface area (Å²) in [6.07, 6.45) is 3.66. The SMILES string of the molecule is CCOc1cc(C=Cc2nc3ccccc3o2)ccc1O. The van der Waals surface area contributed by atoms with E-state index in [1.807, 2.05) is 37.3 Å². The Morgan fingerprint density at radius 2 is 2.05 bits per heavy atom. The van der Waals surface area contributed by atoms with E-state index in [9.17, 15) is 5.11 Å². The van der Waals surface area contributed by atoms with Crippen molar-refractivity contribution in [3.8, 4) is 11.5 Å². The number of phenols is 1. The summed E-state index contributed by atoms with van der Waals surface area (Å²) in [6, 6.07) is 12.8. The number of oxazole rings is 1. The van der Waals surface area contributed by atoms with Crippen LogP contribution in [0.1, 0.15) is 18.4 Å². The molecule has 0 spiro atoms. The Labute approximate surface area is 122 Å². The summed E-state index contributed by atoms with van der Waals surface area (Å²) in [5.41, 5.74) is 2.49. The Hall–Kier alpha value is -2.75. The zero-order valence-electron chi connectivity index (χ0n) is 11.6. The van der Waals surface area contributed by atoms with Crippen LogP contribution in [-0.4, -0.2) is 16.7 Å². The zero-order chi connectivity index (χ0) is 14.7. The lowest BCUT2D eigenvalue weighted by Crippen LogP contribution is -1.91. The smallest absolute Gasteiger partial charge is 0.220 e. The molecule has 0 bridgehead atoms. The average molecular weight is 281 g/mol. The highest BCUT2D eigenvalue weighted by atomic mass is 16.5. The van der Waals surface area contributed by atoms with E-state index in [2.05, 4.69) is 4.98 Å². The molecule has 4 nitrogen and oxygen atoms in total. The van der Waals surface area contributed by atoms with Crippen molar-refractivity contribution in [1.29, 1.82) is 0 Å². The molecule has 3 rings (SSSR count). The minimum atomic E-state index is 0.135. The highest BCUT2D eigenvalue weighted by Gasteiger charge is 2.03. The van der Waals surface area contributed by atoms with Crippen LogP contribution in [0.2, 0.25) is 0 Å². The second-order valence-corrected chi connectivity index (χ2v) is 4.51. The van der Waals surface area contributed by atoms with Crippen molar-refractivity contribution in [2.24, 2.45) is 0 Å². The summed E-state index contributed by atoms with van der Waals surface area (Å²) in [4.78, 5) is 4.37. The van der Waals surface area contributed by atoms with Crippen LogP contribution in [0, 0.1) is 0 Å². The number of nitrogens with zero attached hydrogens (tertiary/aromatic N) is 1. The lowest BCUT2D eigenvalue weighted by Gasteiger charge is -2.05. The van der Waals surface area contributed by atoms with Crippen LogP contribution in [0.15, 0.2) is 46.9 Å². The molecule has 0 aliphatic heterocycles. The van der Waals surface area contributed by atoms with Gasteiger partial charge in [0.25, 0.3) is 0 Å². The van der Waals surface area contributed by atoms with Gasteiger partial charge in [-0.25, -0.2) is 4.98 Å². The van der Waals surface area contributed by atoms with Gasteiger partial charge >= 0.3 is 0 Å². The molecule has 0 fully saturated rings. The van der Waals surface area contributed by atoms with Crippen LogP contribution < -0.4 is 4.74 Å². The van der Waals surface area contributed by atoms with Crippen molar-refractivity contribution in [1.82, 2.24) is 4.98 Å². The molecule has 0 atom stereocenters. The van der Waals surface area contributed by atoms with Crippen LogP contribution >= 0.6 is 0 Å². The van der Waals surface area contributed by atoms with Crippen LogP contribution in [-0.2, 0) is 0 Å². The molecule has 0 aliphatic rings. The van der Waals surface area contributed by atoms with Gasteiger partial charge in [0, 0.05) is 6.08 Å². The maximum absolute atomic E-state index is 9.67. The summed E-state index contributed by atoms with van der Waals surface area (Å²) >= 11 is 0. The van der Waals surface area contributed by atoms with Crippen molar-refractivity contribution in [3.63, 3.8) is 0 Å². The van der Waals surface area contributed by atoms with Gasteiger partial charge in [-0.2, -0.15) is 0 Å². The Kier molecular flexibility index (Phi) is 3.60. The zero-order valence-corrected chi connectivity index (χ0v) is 11.6. The molecule has 1 N–H and O–H groups in total. The predicted molar refractivity (Wildman–Crippen MR) is 82.2 cm³/mol. The van der Waals surface area contributed by atoms with E-state index in [0.717, 1.165) is 16.7 Å². The molecule has 1 aromatic heterocycles. The van der Waals surface area contributed by atoms with Crippen molar-refractivity contribution in [2.45, 2.75) is 6.92 Å². The second kappa shape index (κ2) is 5.71. The first-order chi connectivity index (χ1) is 10.3. The number of ether oxygens (including phenoxy) is 1. The minimum Gasteiger partial charge on any atom is -0.504 e. The fourth-order valence-electron chi connectivity index (χ4n) is 2.03. The Balaban J connectivity index is 1.86. The van der Waals surface area contributed by atoms with Gasteiger partial charge in [-0.3, -0.25) is 0 Å². The molecule has 0 saturated carbocycles. The van der Waals surface area contributed by atoms with Crippen molar-refractivity contribution in [2.75, 3.05) is 6.61 Å². The van der Waals surface area contributed by atoms with Crippen LogP contribution in [0.5, 0.6) is 11.5 Å². The number of rotatable bonds is 4. The Bertz CT molecular complexity index is 757. The van der Waals surface area contributed by atoms with E-state index in [0.29, 0.717) is 18.2 Å². The lowest BCUT2D eigenvalue weighted by atomic mass is 10.2. The molecule has 0 amide bonds. The van der Waals surface area contributed by atoms with Crippen LogP contribution in [0.4, 0.5) is 0 Å². The van der Waals surface area contributed by atoms with Gasteiger partial charge < -0.3 is 14.3 Å². The van der Waals surface area contributed by atoms with Crippen LogP contribution in [0.3, 0.4) is 0 Å². The number of aromatic nitrogens is 1. The molecule has 21 heavy (non-hydrogen) atoms. The number of aromatic hydroxyl groups is 1. The average Bonchev–Trinajstić information content (AvgIpc) is 2.91. The quantitative estimate of drug-likeness (QED) is 0.782. The molecule has 4 heteroatoms. The Morgan fingerprint density at radius 3 is 2.86 bits per heavy atom. The number of fused-ring (bicyclic) bond motifs is 1. The van der Waals surface area contributed by atoms with Gasteiger partial charge in [0.05, 0.1) is 6.61 Å². The molecule has 106 valence electrons. The maximum Gasteiger partial charge on any atom is 0.220 e. The van der Waals surface area contributed by atoms with Crippen LogP contribution in [0.25, 0.3) is 23.3 Å². The van der Waals surface area contributed by atoms with Gasteiger partial charge in [-0.05, 0) is 42.8 Å². The summed E-state index contributed by atoms with van der Waals surface area (Å²) in [5.74, 6) is 1.15.